The van der Waals surface area contributed by atoms with E-state index in [0.29, 0.717) is 25.8 Å². The molecule has 5 nitrogen and oxygen atoms in total. The Labute approximate surface area is 179 Å². The number of carbonyl (C=O) groups is 1. The van der Waals surface area contributed by atoms with Crippen LogP contribution in [0.15, 0.2) is 47.4 Å². The van der Waals surface area contributed by atoms with Crippen LogP contribution >= 0.6 is 0 Å². The Bertz CT molecular complexity index is 1060. The SMILES string of the molecule is O=C(C1CCN(S(=O)(=O)c2ccc3ccccc3c2)CC1)N1CCC[C@@H](C(F)(F)F)C1. The first-order valence-corrected chi connectivity index (χ1v) is 11.9. The molecule has 2 saturated heterocycles. The highest BCUT2D eigenvalue weighted by molar-refractivity contribution is 7.89. The molecular formula is C22H25F3N2O3S. The molecule has 2 heterocycles. The lowest BCUT2D eigenvalue weighted by molar-refractivity contribution is -0.188. The average molecular weight is 455 g/mol. The summed E-state index contributed by atoms with van der Waals surface area (Å²) in [4.78, 5) is 14.3. The predicted molar refractivity (Wildman–Crippen MR) is 111 cm³/mol. The standard InChI is InChI=1S/C22H25F3N2O3S/c23-22(24,25)19-6-3-11-26(15-19)21(28)17-9-12-27(13-10-17)31(29,30)20-8-7-16-4-1-2-5-18(16)14-20/h1-2,4-5,7-8,14,17,19H,3,6,9-13,15H2/t19-/m1/s1. The Balaban J connectivity index is 1.41. The minimum absolute atomic E-state index is 0.0513. The maximum atomic E-state index is 13.1. The van der Waals surface area contributed by atoms with Crippen molar-refractivity contribution in [1.29, 1.82) is 0 Å². The highest BCUT2D eigenvalue weighted by Gasteiger charge is 2.44. The van der Waals surface area contributed by atoms with E-state index in [2.05, 4.69) is 0 Å². The molecule has 2 aliphatic rings. The van der Waals surface area contributed by atoms with Crippen LogP contribution in [-0.2, 0) is 14.8 Å². The summed E-state index contributed by atoms with van der Waals surface area (Å²) in [5.41, 5.74) is 0. The molecule has 0 spiro atoms. The molecule has 1 amide bonds. The minimum Gasteiger partial charge on any atom is -0.342 e. The molecule has 0 aromatic heterocycles. The van der Waals surface area contributed by atoms with E-state index in [-0.39, 0.29) is 36.9 Å². The molecule has 0 N–H and O–H groups in total. The molecule has 168 valence electrons. The van der Waals surface area contributed by atoms with Crippen LogP contribution in [0, 0.1) is 11.8 Å². The lowest BCUT2D eigenvalue weighted by Gasteiger charge is -2.38. The second kappa shape index (κ2) is 8.43. The molecule has 2 aromatic rings. The molecule has 1 atom stereocenters. The van der Waals surface area contributed by atoms with Crippen molar-refractivity contribution in [3.63, 3.8) is 0 Å². The van der Waals surface area contributed by atoms with Gasteiger partial charge in [-0.2, -0.15) is 17.5 Å². The van der Waals surface area contributed by atoms with Crippen molar-refractivity contribution < 1.29 is 26.4 Å². The van der Waals surface area contributed by atoms with Gasteiger partial charge in [-0.25, -0.2) is 8.42 Å². The summed E-state index contributed by atoms with van der Waals surface area (Å²) in [5, 5.41) is 1.78. The van der Waals surface area contributed by atoms with Crippen LogP contribution in [0.3, 0.4) is 0 Å². The molecule has 0 saturated carbocycles. The smallest absolute Gasteiger partial charge is 0.342 e. The number of carbonyl (C=O) groups excluding carboxylic acids is 1. The summed E-state index contributed by atoms with van der Waals surface area (Å²) < 4.78 is 66.7. The zero-order valence-corrected chi connectivity index (χ0v) is 17.8. The lowest BCUT2D eigenvalue weighted by Crippen LogP contribution is -2.49. The monoisotopic (exact) mass is 454 g/mol. The Morgan fingerprint density at radius 2 is 1.61 bits per heavy atom. The number of piperidine rings is 2. The maximum absolute atomic E-state index is 13.1. The van der Waals surface area contributed by atoms with Gasteiger partial charge in [-0.05, 0) is 48.6 Å². The van der Waals surface area contributed by atoms with E-state index in [4.69, 9.17) is 0 Å². The molecule has 0 aliphatic carbocycles. The van der Waals surface area contributed by atoms with Crippen molar-refractivity contribution in [2.24, 2.45) is 11.8 Å². The van der Waals surface area contributed by atoms with Crippen LogP contribution in [0.2, 0.25) is 0 Å². The number of hydrogen-bond donors (Lipinski definition) is 0. The Morgan fingerprint density at radius 1 is 0.935 bits per heavy atom. The number of benzene rings is 2. The Morgan fingerprint density at radius 3 is 2.29 bits per heavy atom. The summed E-state index contributed by atoms with van der Waals surface area (Å²) in [6.07, 6.45) is -3.27. The van der Waals surface area contributed by atoms with E-state index in [1.807, 2.05) is 24.3 Å². The predicted octanol–water partition coefficient (Wildman–Crippen LogP) is 4.04. The fraction of sp³-hybridized carbons (Fsp3) is 0.500. The van der Waals surface area contributed by atoms with Crippen molar-refractivity contribution in [3.8, 4) is 0 Å². The molecule has 2 aromatic carbocycles. The minimum atomic E-state index is -4.30. The highest BCUT2D eigenvalue weighted by atomic mass is 32.2. The number of likely N-dealkylation sites (tertiary alicyclic amines) is 1. The van der Waals surface area contributed by atoms with E-state index < -0.39 is 28.0 Å². The number of rotatable bonds is 3. The van der Waals surface area contributed by atoms with E-state index in [9.17, 15) is 26.4 Å². The highest BCUT2D eigenvalue weighted by Crippen LogP contribution is 2.34. The van der Waals surface area contributed by atoms with Crippen LogP contribution in [0.4, 0.5) is 13.2 Å². The molecule has 0 bridgehead atoms. The van der Waals surface area contributed by atoms with Crippen LogP contribution in [0.1, 0.15) is 25.7 Å². The van der Waals surface area contributed by atoms with Crippen molar-refractivity contribution in [2.45, 2.75) is 36.8 Å². The van der Waals surface area contributed by atoms with Gasteiger partial charge in [-0.3, -0.25) is 4.79 Å². The van der Waals surface area contributed by atoms with E-state index >= 15 is 0 Å². The number of nitrogens with zero attached hydrogens (tertiary/aromatic N) is 2. The summed E-state index contributed by atoms with van der Waals surface area (Å²) in [7, 11) is -3.70. The fourth-order valence-corrected chi connectivity index (χ4v) is 6.03. The van der Waals surface area contributed by atoms with Gasteiger partial charge >= 0.3 is 6.18 Å². The van der Waals surface area contributed by atoms with Crippen LogP contribution in [-0.4, -0.2) is 55.9 Å². The van der Waals surface area contributed by atoms with Crippen molar-refractivity contribution in [2.75, 3.05) is 26.2 Å². The van der Waals surface area contributed by atoms with Crippen LogP contribution in [0.5, 0.6) is 0 Å². The summed E-state index contributed by atoms with van der Waals surface area (Å²) >= 11 is 0. The Hall–Kier alpha value is -2.13. The van der Waals surface area contributed by atoms with Crippen molar-refractivity contribution in [1.82, 2.24) is 9.21 Å². The van der Waals surface area contributed by atoms with E-state index in [0.717, 1.165) is 10.8 Å². The van der Waals surface area contributed by atoms with Crippen molar-refractivity contribution in [3.05, 3.63) is 42.5 Å². The number of sulfonamides is 1. The van der Waals surface area contributed by atoms with Gasteiger partial charge in [0.2, 0.25) is 15.9 Å². The summed E-state index contributed by atoms with van der Waals surface area (Å²) in [5.74, 6) is -2.19. The largest absolute Gasteiger partial charge is 0.393 e. The third-order valence-electron chi connectivity index (χ3n) is 6.36. The maximum Gasteiger partial charge on any atom is 0.393 e. The number of hydrogen-bond acceptors (Lipinski definition) is 3. The average Bonchev–Trinajstić information content (AvgIpc) is 2.78. The molecule has 0 radical (unpaired) electrons. The number of fused-ring (bicyclic) bond motifs is 1. The van der Waals surface area contributed by atoms with Gasteiger partial charge in [0.1, 0.15) is 0 Å². The van der Waals surface area contributed by atoms with Gasteiger partial charge in [-0.1, -0.05) is 30.3 Å². The zero-order valence-electron chi connectivity index (χ0n) is 17.0. The van der Waals surface area contributed by atoms with Crippen LogP contribution in [0.25, 0.3) is 10.8 Å². The van der Waals surface area contributed by atoms with Gasteiger partial charge in [0.05, 0.1) is 10.8 Å². The molecule has 0 unspecified atom stereocenters. The van der Waals surface area contributed by atoms with Gasteiger partial charge in [0.25, 0.3) is 0 Å². The van der Waals surface area contributed by atoms with Gasteiger partial charge in [0.15, 0.2) is 0 Å². The van der Waals surface area contributed by atoms with E-state index in [1.165, 1.54) is 9.21 Å². The Kier molecular flexibility index (Phi) is 6.00. The molecule has 9 heteroatoms. The summed E-state index contributed by atoms with van der Waals surface area (Å²) in [6, 6.07) is 12.5. The number of alkyl halides is 3. The molecule has 4 rings (SSSR count). The number of halogens is 3. The quantitative estimate of drug-likeness (QED) is 0.703. The van der Waals surface area contributed by atoms with E-state index in [1.54, 1.807) is 18.2 Å². The molecule has 2 fully saturated rings. The first-order valence-electron chi connectivity index (χ1n) is 10.5. The normalized spacial score (nSPS) is 22.0. The molecular weight excluding hydrogens is 429 g/mol. The fourth-order valence-electron chi connectivity index (χ4n) is 4.52. The lowest BCUT2D eigenvalue weighted by atomic mass is 9.92. The second-order valence-corrected chi connectivity index (χ2v) is 10.3. The van der Waals surface area contributed by atoms with Gasteiger partial charge in [-0.15, -0.1) is 0 Å². The molecule has 31 heavy (non-hydrogen) atoms. The first kappa shape index (κ1) is 22.1. The number of amides is 1. The third kappa shape index (κ3) is 4.57. The van der Waals surface area contributed by atoms with Crippen molar-refractivity contribution >= 4 is 26.7 Å². The third-order valence-corrected chi connectivity index (χ3v) is 8.25. The molecule has 2 aliphatic heterocycles. The van der Waals surface area contributed by atoms with Crippen LogP contribution < -0.4 is 0 Å². The first-order chi connectivity index (χ1) is 14.7. The topological polar surface area (TPSA) is 57.7 Å². The zero-order chi connectivity index (χ0) is 22.2. The van der Waals surface area contributed by atoms with Gasteiger partial charge in [0, 0.05) is 32.1 Å². The van der Waals surface area contributed by atoms with Gasteiger partial charge < -0.3 is 4.90 Å². The summed E-state index contributed by atoms with van der Waals surface area (Å²) in [6.45, 7) is 0.406. The second-order valence-electron chi connectivity index (χ2n) is 8.35.